The Bertz CT molecular complexity index is 308. The van der Waals surface area contributed by atoms with Crippen molar-refractivity contribution in [1.82, 2.24) is 0 Å². The monoisotopic (exact) mass is 222 g/mol. The second kappa shape index (κ2) is 3.02. The minimum atomic E-state index is -4.15. The van der Waals surface area contributed by atoms with E-state index in [9.17, 15) is 13.2 Å². The van der Waals surface area contributed by atoms with E-state index in [-0.39, 0.29) is 12.8 Å². The predicted molar refractivity (Wildman–Crippen MR) is 49.0 cm³/mol. The number of hydrogen-bond donors (Lipinski definition) is 0. The van der Waals surface area contributed by atoms with Crippen molar-refractivity contribution in [2.45, 2.75) is 31.9 Å². The standard InChI is InChI=1S/C10H10ClF3/c11-8-4-2-1-3-7(8)9(5-6-9)10(12,13)14/h3-4H,1-2,5-6H2. The Labute approximate surface area is 85.4 Å². The Morgan fingerprint density at radius 2 is 1.71 bits per heavy atom. The van der Waals surface area contributed by atoms with Crippen LogP contribution in [-0.2, 0) is 0 Å². The van der Waals surface area contributed by atoms with Gasteiger partial charge in [0.15, 0.2) is 0 Å². The molecule has 0 atom stereocenters. The van der Waals surface area contributed by atoms with E-state index in [1.807, 2.05) is 0 Å². The molecule has 0 unspecified atom stereocenters. The summed E-state index contributed by atoms with van der Waals surface area (Å²) >= 11 is 5.81. The van der Waals surface area contributed by atoms with Crippen molar-refractivity contribution in [3.8, 4) is 0 Å². The van der Waals surface area contributed by atoms with Gasteiger partial charge >= 0.3 is 6.18 Å². The fourth-order valence-corrected chi connectivity index (χ4v) is 2.27. The Balaban J connectivity index is 2.32. The van der Waals surface area contributed by atoms with Gasteiger partial charge in [-0.3, -0.25) is 0 Å². The first kappa shape index (κ1) is 10.1. The maximum atomic E-state index is 12.7. The number of rotatable bonds is 1. The van der Waals surface area contributed by atoms with Gasteiger partial charge in [-0.15, -0.1) is 0 Å². The Morgan fingerprint density at radius 1 is 1.14 bits per heavy atom. The second-order valence-electron chi connectivity index (χ2n) is 3.83. The lowest BCUT2D eigenvalue weighted by Gasteiger charge is -2.24. The van der Waals surface area contributed by atoms with Crippen molar-refractivity contribution in [3.05, 3.63) is 22.8 Å². The van der Waals surface area contributed by atoms with Gasteiger partial charge in [0.2, 0.25) is 0 Å². The smallest absolute Gasteiger partial charge is 0.170 e. The van der Waals surface area contributed by atoms with E-state index in [2.05, 4.69) is 0 Å². The van der Waals surface area contributed by atoms with E-state index in [0.717, 1.165) is 6.42 Å². The summed E-state index contributed by atoms with van der Waals surface area (Å²) in [5.41, 5.74) is -1.31. The molecular formula is C10H10ClF3. The topological polar surface area (TPSA) is 0 Å². The maximum Gasteiger partial charge on any atom is 0.398 e. The molecule has 0 aromatic rings. The Morgan fingerprint density at radius 3 is 2.14 bits per heavy atom. The van der Waals surface area contributed by atoms with Crippen molar-refractivity contribution < 1.29 is 13.2 Å². The van der Waals surface area contributed by atoms with Crippen LogP contribution in [0.2, 0.25) is 0 Å². The third-order valence-electron chi connectivity index (χ3n) is 2.90. The molecule has 0 nitrogen and oxygen atoms in total. The first-order valence-electron chi connectivity index (χ1n) is 4.61. The van der Waals surface area contributed by atoms with Crippen molar-refractivity contribution in [2.75, 3.05) is 0 Å². The number of hydrogen-bond acceptors (Lipinski definition) is 0. The quantitative estimate of drug-likeness (QED) is 0.625. The van der Waals surface area contributed by atoms with Crippen LogP contribution >= 0.6 is 11.6 Å². The first-order chi connectivity index (χ1) is 6.47. The summed E-state index contributed by atoms with van der Waals surface area (Å²) in [6.45, 7) is 0. The molecular weight excluding hydrogens is 213 g/mol. The predicted octanol–water partition coefficient (Wildman–Crippen LogP) is 4.17. The lowest BCUT2D eigenvalue weighted by molar-refractivity contribution is -0.174. The minimum absolute atomic E-state index is 0.187. The number of halogens is 4. The summed E-state index contributed by atoms with van der Waals surface area (Å²) in [6.07, 6.45) is 0.966. The maximum absolute atomic E-state index is 12.7. The van der Waals surface area contributed by atoms with E-state index in [1.54, 1.807) is 12.2 Å². The largest absolute Gasteiger partial charge is 0.398 e. The van der Waals surface area contributed by atoms with Crippen LogP contribution in [0.25, 0.3) is 0 Å². The van der Waals surface area contributed by atoms with Gasteiger partial charge in [0.05, 0.1) is 5.41 Å². The average Bonchev–Trinajstić information content (AvgIpc) is 2.84. The number of allylic oxidation sites excluding steroid dienone is 4. The molecule has 4 heteroatoms. The summed E-state index contributed by atoms with van der Waals surface area (Å²) in [4.78, 5) is 0. The van der Waals surface area contributed by atoms with Crippen LogP contribution in [0.3, 0.4) is 0 Å². The van der Waals surface area contributed by atoms with Crippen molar-refractivity contribution >= 4 is 11.6 Å². The van der Waals surface area contributed by atoms with Gasteiger partial charge in [-0.25, -0.2) is 0 Å². The highest BCUT2D eigenvalue weighted by atomic mass is 35.5. The summed E-state index contributed by atoms with van der Waals surface area (Å²) in [5, 5.41) is 0.297. The summed E-state index contributed by atoms with van der Waals surface area (Å²) < 4.78 is 38.2. The molecule has 0 heterocycles. The molecule has 2 rings (SSSR count). The second-order valence-corrected chi connectivity index (χ2v) is 4.23. The van der Waals surface area contributed by atoms with Crippen LogP contribution in [0.15, 0.2) is 22.8 Å². The van der Waals surface area contributed by atoms with E-state index in [0.29, 0.717) is 17.0 Å². The van der Waals surface area contributed by atoms with Crippen molar-refractivity contribution in [2.24, 2.45) is 5.41 Å². The molecule has 0 aliphatic heterocycles. The molecule has 0 radical (unpaired) electrons. The van der Waals surface area contributed by atoms with Crippen LogP contribution in [0.1, 0.15) is 25.7 Å². The first-order valence-corrected chi connectivity index (χ1v) is 4.98. The van der Waals surface area contributed by atoms with Crippen LogP contribution in [0.4, 0.5) is 13.2 Å². The number of alkyl halides is 3. The van der Waals surface area contributed by atoms with Gasteiger partial charge in [-0.2, -0.15) is 13.2 Å². The summed E-state index contributed by atoms with van der Waals surface area (Å²) in [7, 11) is 0. The zero-order valence-electron chi connectivity index (χ0n) is 7.49. The third-order valence-corrected chi connectivity index (χ3v) is 3.26. The SMILES string of the molecule is FC(F)(F)C1(C2=CCCC=C2Cl)CC1. The van der Waals surface area contributed by atoms with E-state index < -0.39 is 11.6 Å². The van der Waals surface area contributed by atoms with Gasteiger partial charge in [0.1, 0.15) is 0 Å². The molecule has 0 bridgehead atoms. The lowest BCUT2D eigenvalue weighted by Crippen LogP contribution is -2.27. The van der Waals surface area contributed by atoms with Crippen LogP contribution in [-0.4, -0.2) is 6.18 Å². The molecule has 0 saturated heterocycles. The zero-order chi connectivity index (χ0) is 10.4. The van der Waals surface area contributed by atoms with Crippen molar-refractivity contribution in [1.29, 1.82) is 0 Å². The van der Waals surface area contributed by atoms with E-state index in [1.165, 1.54) is 0 Å². The Kier molecular flexibility index (Phi) is 2.18. The summed E-state index contributed by atoms with van der Waals surface area (Å²) in [6, 6.07) is 0. The van der Waals surface area contributed by atoms with E-state index >= 15 is 0 Å². The average molecular weight is 223 g/mol. The third kappa shape index (κ3) is 1.38. The molecule has 2 aliphatic rings. The highest BCUT2D eigenvalue weighted by Gasteiger charge is 2.65. The molecule has 0 spiro atoms. The highest BCUT2D eigenvalue weighted by molar-refractivity contribution is 6.32. The summed E-state index contributed by atoms with van der Waals surface area (Å²) in [5.74, 6) is 0. The van der Waals surface area contributed by atoms with Gasteiger partial charge < -0.3 is 0 Å². The molecule has 78 valence electrons. The van der Waals surface area contributed by atoms with Gasteiger partial charge in [-0.05, 0) is 31.3 Å². The van der Waals surface area contributed by atoms with Crippen LogP contribution in [0.5, 0.6) is 0 Å². The molecule has 1 fully saturated rings. The molecule has 14 heavy (non-hydrogen) atoms. The molecule has 1 saturated carbocycles. The molecule has 0 aromatic carbocycles. The highest BCUT2D eigenvalue weighted by Crippen LogP contribution is 2.64. The zero-order valence-corrected chi connectivity index (χ0v) is 8.25. The Hall–Kier alpha value is -0.440. The van der Waals surface area contributed by atoms with Crippen LogP contribution in [0, 0.1) is 5.41 Å². The molecule has 0 amide bonds. The lowest BCUT2D eigenvalue weighted by atomic mass is 9.90. The molecule has 0 aromatic heterocycles. The van der Waals surface area contributed by atoms with Gasteiger partial charge in [0.25, 0.3) is 0 Å². The van der Waals surface area contributed by atoms with Crippen molar-refractivity contribution in [3.63, 3.8) is 0 Å². The minimum Gasteiger partial charge on any atom is -0.170 e. The van der Waals surface area contributed by atoms with Gasteiger partial charge in [-0.1, -0.05) is 23.8 Å². The fraction of sp³-hybridized carbons (Fsp3) is 0.600. The molecule has 2 aliphatic carbocycles. The normalized spacial score (nSPS) is 25.4. The molecule has 0 N–H and O–H groups in total. The van der Waals surface area contributed by atoms with E-state index in [4.69, 9.17) is 11.6 Å². The van der Waals surface area contributed by atoms with Crippen LogP contribution < -0.4 is 0 Å². The fourth-order valence-electron chi connectivity index (χ4n) is 1.90. The van der Waals surface area contributed by atoms with Gasteiger partial charge in [0, 0.05) is 5.03 Å².